The fourth-order valence-electron chi connectivity index (χ4n) is 2.72. The number of unbranched alkanes of at least 4 members (excludes halogenated alkanes) is 1. The number of hydrogen-bond donors (Lipinski definition) is 1. The third-order valence-electron chi connectivity index (χ3n) is 4.11. The highest BCUT2D eigenvalue weighted by molar-refractivity contribution is 5.81. The van der Waals surface area contributed by atoms with Gasteiger partial charge in [0, 0.05) is 6.42 Å². The molecule has 0 aliphatic carbocycles. The molecule has 1 fully saturated rings. The van der Waals surface area contributed by atoms with E-state index < -0.39 is 24.0 Å². The summed E-state index contributed by atoms with van der Waals surface area (Å²) in [6.45, 7) is 4.31. The molecule has 3 unspecified atom stereocenters. The Morgan fingerprint density at radius 1 is 1.44 bits per heavy atom. The van der Waals surface area contributed by atoms with Crippen LogP contribution in [0.2, 0.25) is 0 Å². The monoisotopic (exact) mass is 350 g/mol. The quantitative estimate of drug-likeness (QED) is 0.396. The predicted octanol–water partition coefficient (Wildman–Crippen LogP) is 2.21. The molecule has 2 rings (SSSR count). The summed E-state index contributed by atoms with van der Waals surface area (Å²) < 4.78 is 21.8. The van der Waals surface area contributed by atoms with Crippen LogP contribution in [0.1, 0.15) is 24.8 Å². The maximum absolute atomic E-state index is 12.3. The fraction of sp³-hybridized carbons (Fsp3) is 0.526. The molecule has 1 saturated heterocycles. The number of ether oxygens (including phenoxy) is 4. The standard InChI is InChI=1S/C19H26O6/c1-3-4-8-11-24-17-12-16(20)19(25-17,18(21)22-2)14-23-13-15-9-6-5-7-10-15/h3,5-7,9-10,16-17,20H,1,4,8,11-14H2,2H3. The number of aliphatic hydroxyl groups excluding tert-OH is 1. The third kappa shape index (κ3) is 5.12. The summed E-state index contributed by atoms with van der Waals surface area (Å²) in [5.41, 5.74) is -0.598. The number of allylic oxidation sites excluding steroid dienone is 1. The summed E-state index contributed by atoms with van der Waals surface area (Å²) in [5.74, 6) is -0.662. The Morgan fingerprint density at radius 2 is 2.20 bits per heavy atom. The second-order valence-electron chi connectivity index (χ2n) is 5.96. The molecular weight excluding hydrogens is 324 g/mol. The number of rotatable bonds is 10. The number of methoxy groups -OCH3 is 1. The van der Waals surface area contributed by atoms with Gasteiger partial charge >= 0.3 is 5.97 Å². The van der Waals surface area contributed by atoms with Gasteiger partial charge in [-0.15, -0.1) is 6.58 Å². The van der Waals surface area contributed by atoms with Crippen LogP contribution >= 0.6 is 0 Å². The molecule has 0 spiro atoms. The number of carbonyl (C=O) groups is 1. The first kappa shape index (κ1) is 19.6. The minimum absolute atomic E-state index is 0.109. The van der Waals surface area contributed by atoms with Gasteiger partial charge in [-0.25, -0.2) is 4.79 Å². The van der Waals surface area contributed by atoms with Crippen LogP contribution in [0.3, 0.4) is 0 Å². The van der Waals surface area contributed by atoms with E-state index >= 15 is 0 Å². The molecule has 0 saturated carbocycles. The smallest absolute Gasteiger partial charge is 0.343 e. The first-order chi connectivity index (χ1) is 12.1. The largest absolute Gasteiger partial charge is 0.467 e. The molecule has 1 N–H and O–H groups in total. The number of benzene rings is 1. The van der Waals surface area contributed by atoms with E-state index in [1.807, 2.05) is 36.4 Å². The van der Waals surface area contributed by atoms with E-state index in [2.05, 4.69) is 6.58 Å². The molecule has 138 valence electrons. The lowest BCUT2D eigenvalue weighted by atomic mass is 9.98. The van der Waals surface area contributed by atoms with E-state index in [0.29, 0.717) is 13.2 Å². The van der Waals surface area contributed by atoms with E-state index in [9.17, 15) is 9.90 Å². The van der Waals surface area contributed by atoms with E-state index in [4.69, 9.17) is 18.9 Å². The highest BCUT2D eigenvalue weighted by Gasteiger charge is 2.55. The summed E-state index contributed by atoms with van der Waals surface area (Å²) in [5, 5.41) is 10.4. The van der Waals surface area contributed by atoms with Crippen molar-refractivity contribution in [1.29, 1.82) is 0 Å². The van der Waals surface area contributed by atoms with Crippen molar-refractivity contribution in [3.63, 3.8) is 0 Å². The normalized spacial score (nSPS) is 25.7. The van der Waals surface area contributed by atoms with Gasteiger partial charge in [0.05, 0.1) is 26.9 Å². The Morgan fingerprint density at radius 3 is 2.88 bits per heavy atom. The molecule has 3 atom stereocenters. The van der Waals surface area contributed by atoms with E-state index in [-0.39, 0.29) is 13.0 Å². The molecule has 0 bridgehead atoms. The van der Waals surface area contributed by atoms with Crippen molar-refractivity contribution in [2.45, 2.75) is 43.9 Å². The topological polar surface area (TPSA) is 74.2 Å². The first-order valence-electron chi connectivity index (χ1n) is 8.41. The third-order valence-corrected chi connectivity index (χ3v) is 4.11. The molecule has 6 heteroatoms. The molecule has 1 aromatic rings. The zero-order chi connectivity index (χ0) is 18.1. The molecule has 1 heterocycles. The Kier molecular flexibility index (Phi) is 7.58. The van der Waals surface area contributed by atoms with Crippen molar-refractivity contribution < 1.29 is 28.8 Å². The average molecular weight is 350 g/mol. The molecule has 1 aromatic carbocycles. The summed E-state index contributed by atoms with van der Waals surface area (Å²) in [6, 6.07) is 9.56. The number of aliphatic hydroxyl groups is 1. The van der Waals surface area contributed by atoms with Crippen LogP contribution in [0.15, 0.2) is 43.0 Å². The van der Waals surface area contributed by atoms with Crippen molar-refractivity contribution in [3.05, 3.63) is 48.6 Å². The van der Waals surface area contributed by atoms with Crippen molar-refractivity contribution in [3.8, 4) is 0 Å². The van der Waals surface area contributed by atoms with Crippen LogP contribution in [0.25, 0.3) is 0 Å². The average Bonchev–Trinajstić information content (AvgIpc) is 2.95. The van der Waals surface area contributed by atoms with Gasteiger partial charge in [0.1, 0.15) is 6.10 Å². The lowest BCUT2D eigenvalue weighted by Crippen LogP contribution is -2.52. The SMILES string of the molecule is C=CCCCOC1CC(O)C(COCc2ccccc2)(C(=O)OC)O1. The summed E-state index contributed by atoms with van der Waals surface area (Å²) in [4.78, 5) is 12.3. The molecule has 0 radical (unpaired) electrons. The van der Waals surface area contributed by atoms with Gasteiger partial charge in [0.15, 0.2) is 6.29 Å². The first-order valence-corrected chi connectivity index (χ1v) is 8.41. The number of carbonyl (C=O) groups excluding carboxylic acids is 1. The number of esters is 1. The summed E-state index contributed by atoms with van der Waals surface area (Å²) >= 11 is 0. The van der Waals surface area contributed by atoms with E-state index in [1.54, 1.807) is 0 Å². The van der Waals surface area contributed by atoms with Crippen LogP contribution in [-0.4, -0.2) is 49.4 Å². The highest BCUT2D eigenvalue weighted by Crippen LogP contribution is 2.33. The van der Waals surface area contributed by atoms with Gasteiger partial charge < -0.3 is 24.1 Å². The van der Waals surface area contributed by atoms with Crippen LogP contribution in [0.4, 0.5) is 0 Å². The molecule has 25 heavy (non-hydrogen) atoms. The zero-order valence-electron chi connectivity index (χ0n) is 14.6. The van der Waals surface area contributed by atoms with E-state index in [0.717, 1.165) is 18.4 Å². The van der Waals surface area contributed by atoms with Crippen LogP contribution < -0.4 is 0 Å². The van der Waals surface area contributed by atoms with E-state index in [1.165, 1.54) is 7.11 Å². The minimum atomic E-state index is -1.56. The second-order valence-corrected chi connectivity index (χ2v) is 5.96. The Labute approximate surface area is 148 Å². The van der Waals surface area contributed by atoms with Gasteiger partial charge in [-0.2, -0.15) is 0 Å². The second kappa shape index (κ2) is 9.68. The maximum atomic E-state index is 12.3. The van der Waals surface area contributed by atoms with Gasteiger partial charge in [-0.05, 0) is 18.4 Å². The Balaban J connectivity index is 1.94. The van der Waals surface area contributed by atoms with Gasteiger partial charge in [0.25, 0.3) is 0 Å². The highest BCUT2D eigenvalue weighted by atomic mass is 16.7. The lowest BCUT2D eigenvalue weighted by Gasteiger charge is -2.28. The van der Waals surface area contributed by atoms with Crippen LogP contribution in [-0.2, 0) is 30.3 Å². The fourth-order valence-corrected chi connectivity index (χ4v) is 2.72. The van der Waals surface area contributed by atoms with Gasteiger partial charge in [-0.1, -0.05) is 36.4 Å². The zero-order valence-corrected chi connectivity index (χ0v) is 14.6. The van der Waals surface area contributed by atoms with Crippen molar-refractivity contribution >= 4 is 5.97 Å². The van der Waals surface area contributed by atoms with Crippen molar-refractivity contribution in [2.24, 2.45) is 0 Å². The number of hydrogen-bond acceptors (Lipinski definition) is 6. The summed E-state index contributed by atoms with van der Waals surface area (Å²) in [7, 11) is 1.26. The van der Waals surface area contributed by atoms with Crippen LogP contribution in [0.5, 0.6) is 0 Å². The van der Waals surface area contributed by atoms with Crippen LogP contribution in [0, 0.1) is 0 Å². The lowest BCUT2D eigenvalue weighted by molar-refractivity contribution is -0.214. The molecule has 1 aliphatic heterocycles. The Hall–Kier alpha value is -1.73. The predicted molar refractivity (Wildman–Crippen MR) is 91.7 cm³/mol. The van der Waals surface area contributed by atoms with Gasteiger partial charge in [-0.3, -0.25) is 0 Å². The van der Waals surface area contributed by atoms with Gasteiger partial charge in [0.2, 0.25) is 5.60 Å². The minimum Gasteiger partial charge on any atom is -0.467 e. The maximum Gasteiger partial charge on any atom is 0.343 e. The van der Waals surface area contributed by atoms with Crippen molar-refractivity contribution in [1.82, 2.24) is 0 Å². The van der Waals surface area contributed by atoms with Crippen molar-refractivity contribution in [2.75, 3.05) is 20.3 Å². The Bertz CT molecular complexity index is 546. The summed E-state index contributed by atoms with van der Waals surface area (Å²) in [6.07, 6.45) is 1.91. The molecular formula is C19H26O6. The molecule has 6 nitrogen and oxygen atoms in total. The molecule has 0 amide bonds. The molecule has 1 aliphatic rings. The molecule has 0 aromatic heterocycles.